The number of amidine groups is 1. The van der Waals surface area contributed by atoms with Crippen molar-refractivity contribution >= 4 is 51.7 Å². The van der Waals surface area contributed by atoms with Gasteiger partial charge in [-0.25, -0.2) is 4.99 Å². The van der Waals surface area contributed by atoms with Crippen molar-refractivity contribution in [2.75, 3.05) is 23.8 Å². The number of nitrogens with zero attached hydrogens (tertiary/aromatic N) is 3. The van der Waals surface area contributed by atoms with Crippen LogP contribution < -0.4 is 10.2 Å². The summed E-state index contributed by atoms with van der Waals surface area (Å²) in [5.74, 6) is -0.00862. The summed E-state index contributed by atoms with van der Waals surface area (Å²) in [7, 11) is 2.02. The van der Waals surface area contributed by atoms with Crippen molar-refractivity contribution in [3.8, 4) is 0 Å². The molecule has 0 spiro atoms. The second-order valence-electron chi connectivity index (χ2n) is 7.68. The largest absolute Gasteiger partial charge is 0.384 e. The number of thioether (sulfide) groups is 2. The molecule has 0 radical (unpaired) electrons. The Hall–Kier alpha value is -3.16. The molecule has 0 unspecified atom stereocenters. The molecule has 0 aliphatic carbocycles. The van der Waals surface area contributed by atoms with E-state index in [0.29, 0.717) is 16.6 Å². The molecule has 1 N–H and O–H groups in total. The third-order valence-corrected chi connectivity index (χ3v) is 7.90. The minimum Gasteiger partial charge on any atom is -0.384 e. The normalized spacial score (nSPS) is 18.8. The van der Waals surface area contributed by atoms with Crippen LogP contribution in [0.1, 0.15) is 12.5 Å². The highest BCUT2D eigenvalue weighted by Gasteiger charge is 2.39. The van der Waals surface area contributed by atoms with Crippen molar-refractivity contribution in [1.29, 1.82) is 0 Å². The van der Waals surface area contributed by atoms with Gasteiger partial charge in [0, 0.05) is 18.5 Å². The van der Waals surface area contributed by atoms with Crippen LogP contribution in [-0.4, -0.2) is 29.6 Å². The molecule has 0 atom stereocenters. The van der Waals surface area contributed by atoms with Gasteiger partial charge in [-0.05, 0) is 48.5 Å². The summed E-state index contributed by atoms with van der Waals surface area (Å²) in [4.78, 5) is 24.5. The topological polar surface area (TPSA) is 47.9 Å². The SMILES string of the molecule is CCNc1ccccc1N=C1S/C(=C2/Sc3ccccc3N2C)C(=O)N1Cc1ccccc1. The van der Waals surface area contributed by atoms with E-state index in [1.165, 1.54) is 11.8 Å². The van der Waals surface area contributed by atoms with Gasteiger partial charge >= 0.3 is 0 Å². The van der Waals surface area contributed by atoms with E-state index in [0.717, 1.165) is 39.1 Å². The van der Waals surface area contributed by atoms with Crippen molar-refractivity contribution in [1.82, 2.24) is 4.90 Å². The lowest BCUT2D eigenvalue weighted by atomic mass is 10.2. The summed E-state index contributed by atoms with van der Waals surface area (Å²) in [5, 5.41) is 5.02. The van der Waals surface area contributed by atoms with Gasteiger partial charge in [-0.1, -0.05) is 66.4 Å². The van der Waals surface area contributed by atoms with Crippen LogP contribution in [0.25, 0.3) is 0 Å². The first-order valence-corrected chi connectivity index (χ1v) is 12.5. The number of carbonyl (C=O) groups is 1. The molecular weight excluding hydrogens is 448 g/mol. The number of anilines is 2. The lowest BCUT2D eigenvalue weighted by Gasteiger charge is -2.17. The maximum atomic E-state index is 13.7. The predicted octanol–water partition coefficient (Wildman–Crippen LogP) is 6.29. The summed E-state index contributed by atoms with van der Waals surface area (Å²) < 4.78 is 0. The molecule has 166 valence electrons. The monoisotopic (exact) mass is 472 g/mol. The molecule has 2 heterocycles. The Morgan fingerprint density at radius 3 is 2.42 bits per heavy atom. The van der Waals surface area contributed by atoms with Crippen LogP contribution in [0.2, 0.25) is 0 Å². The lowest BCUT2D eigenvalue weighted by Crippen LogP contribution is -2.29. The van der Waals surface area contributed by atoms with Crippen molar-refractivity contribution in [2.45, 2.75) is 18.4 Å². The van der Waals surface area contributed by atoms with Crippen molar-refractivity contribution in [3.05, 3.63) is 94.4 Å². The Bertz CT molecular complexity index is 1260. The average Bonchev–Trinajstić information content (AvgIpc) is 3.33. The Kier molecular flexibility index (Phi) is 6.15. The minimum atomic E-state index is -0.00862. The molecule has 1 fully saturated rings. The first kappa shape index (κ1) is 21.7. The van der Waals surface area contributed by atoms with Crippen LogP contribution in [0.4, 0.5) is 17.1 Å². The van der Waals surface area contributed by atoms with Crippen LogP contribution >= 0.6 is 23.5 Å². The standard InChI is InChI=1S/C26H24N4OS2/c1-3-27-19-13-7-8-14-20(19)28-26-30(17-18-11-5-4-6-12-18)24(31)23(33-26)25-29(2)21-15-9-10-16-22(21)32-25/h4-16,27H,3,17H2,1-2H3/b25-23+,28-26?. The highest BCUT2D eigenvalue weighted by atomic mass is 32.2. The van der Waals surface area contributed by atoms with Crippen LogP contribution in [0, 0.1) is 0 Å². The molecule has 3 aromatic carbocycles. The zero-order valence-corrected chi connectivity index (χ0v) is 20.1. The third-order valence-electron chi connectivity index (χ3n) is 5.47. The molecule has 0 aromatic heterocycles. The molecule has 0 bridgehead atoms. The third kappa shape index (κ3) is 4.26. The van der Waals surface area contributed by atoms with Gasteiger partial charge in [0.05, 0.1) is 28.6 Å². The number of carbonyl (C=O) groups excluding carboxylic acids is 1. The molecule has 5 rings (SSSR count). The van der Waals surface area contributed by atoms with Crippen LogP contribution in [0.15, 0.2) is 98.7 Å². The fraction of sp³-hybridized carbons (Fsp3) is 0.154. The van der Waals surface area contributed by atoms with Gasteiger partial charge in [0.2, 0.25) is 0 Å². The Balaban J connectivity index is 1.57. The Labute approximate surface area is 202 Å². The summed E-state index contributed by atoms with van der Waals surface area (Å²) in [6.07, 6.45) is 0. The maximum Gasteiger partial charge on any atom is 0.269 e. The number of hydrogen-bond acceptors (Lipinski definition) is 6. The van der Waals surface area contributed by atoms with Crippen LogP contribution in [0.5, 0.6) is 0 Å². The minimum absolute atomic E-state index is 0.00862. The van der Waals surface area contributed by atoms with E-state index in [2.05, 4.69) is 29.3 Å². The number of aliphatic imine (C=N–C) groups is 1. The van der Waals surface area contributed by atoms with Gasteiger partial charge in [0.25, 0.3) is 5.91 Å². The van der Waals surface area contributed by atoms with Gasteiger partial charge < -0.3 is 10.2 Å². The van der Waals surface area contributed by atoms with E-state index in [-0.39, 0.29) is 5.91 Å². The van der Waals surface area contributed by atoms with Gasteiger partial charge in [0.15, 0.2) is 5.17 Å². The van der Waals surface area contributed by atoms with E-state index < -0.39 is 0 Å². The molecule has 2 aliphatic rings. The van der Waals surface area contributed by atoms with E-state index in [1.807, 2.05) is 73.8 Å². The van der Waals surface area contributed by atoms with Crippen molar-refractivity contribution in [2.24, 2.45) is 4.99 Å². The van der Waals surface area contributed by atoms with E-state index in [4.69, 9.17) is 4.99 Å². The number of amides is 1. The predicted molar refractivity (Wildman–Crippen MR) is 140 cm³/mol. The highest BCUT2D eigenvalue weighted by molar-refractivity contribution is 8.19. The Morgan fingerprint density at radius 2 is 1.64 bits per heavy atom. The van der Waals surface area contributed by atoms with E-state index in [1.54, 1.807) is 16.7 Å². The number of hydrogen-bond donors (Lipinski definition) is 1. The fourth-order valence-electron chi connectivity index (χ4n) is 3.84. The first-order valence-electron chi connectivity index (χ1n) is 10.9. The van der Waals surface area contributed by atoms with Gasteiger partial charge in [0.1, 0.15) is 4.91 Å². The molecule has 0 saturated carbocycles. The summed E-state index contributed by atoms with van der Waals surface area (Å²) in [6.45, 7) is 3.34. The molecule has 7 heteroatoms. The molecular formula is C26H24N4OS2. The maximum absolute atomic E-state index is 13.7. The second-order valence-corrected chi connectivity index (χ2v) is 9.69. The zero-order chi connectivity index (χ0) is 22.8. The van der Waals surface area contributed by atoms with Crippen molar-refractivity contribution < 1.29 is 4.79 Å². The molecule has 2 aliphatic heterocycles. The summed E-state index contributed by atoms with van der Waals surface area (Å²) in [6, 6.07) is 26.3. The quantitative estimate of drug-likeness (QED) is 0.442. The van der Waals surface area contributed by atoms with E-state index >= 15 is 0 Å². The van der Waals surface area contributed by atoms with Crippen LogP contribution in [0.3, 0.4) is 0 Å². The van der Waals surface area contributed by atoms with Gasteiger partial charge in [-0.3, -0.25) is 9.69 Å². The van der Waals surface area contributed by atoms with Gasteiger partial charge in [-0.15, -0.1) is 0 Å². The molecule has 33 heavy (non-hydrogen) atoms. The number of nitrogens with one attached hydrogen (secondary N) is 1. The molecule has 3 aromatic rings. The molecule has 1 saturated heterocycles. The molecule has 5 nitrogen and oxygen atoms in total. The number of para-hydroxylation sites is 3. The summed E-state index contributed by atoms with van der Waals surface area (Å²) in [5.41, 5.74) is 3.98. The fourth-order valence-corrected chi connectivity index (χ4v) is 6.17. The Morgan fingerprint density at radius 1 is 0.909 bits per heavy atom. The number of benzene rings is 3. The first-order chi connectivity index (χ1) is 16.2. The highest BCUT2D eigenvalue weighted by Crippen LogP contribution is 2.50. The second kappa shape index (κ2) is 9.37. The van der Waals surface area contributed by atoms with E-state index in [9.17, 15) is 4.79 Å². The smallest absolute Gasteiger partial charge is 0.269 e. The van der Waals surface area contributed by atoms with Crippen molar-refractivity contribution in [3.63, 3.8) is 0 Å². The lowest BCUT2D eigenvalue weighted by molar-refractivity contribution is -0.122. The number of fused-ring (bicyclic) bond motifs is 1. The number of rotatable bonds is 5. The molecule has 1 amide bonds. The summed E-state index contributed by atoms with van der Waals surface area (Å²) >= 11 is 3.10. The zero-order valence-electron chi connectivity index (χ0n) is 18.5. The van der Waals surface area contributed by atoms with Crippen LogP contribution in [-0.2, 0) is 11.3 Å². The average molecular weight is 473 g/mol. The van der Waals surface area contributed by atoms with Gasteiger partial charge in [-0.2, -0.15) is 0 Å².